The van der Waals surface area contributed by atoms with Crippen molar-refractivity contribution < 1.29 is 14.1 Å². The molecule has 4 rings (SSSR count). The lowest BCUT2D eigenvalue weighted by Gasteiger charge is -2.10. The van der Waals surface area contributed by atoms with E-state index in [0.29, 0.717) is 11.4 Å². The molecule has 144 valence electrons. The third kappa shape index (κ3) is 4.36. The highest BCUT2D eigenvalue weighted by molar-refractivity contribution is 7.84. The summed E-state index contributed by atoms with van der Waals surface area (Å²) >= 11 is 0. The van der Waals surface area contributed by atoms with Gasteiger partial charge in [-0.2, -0.15) is 0 Å². The van der Waals surface area contributed by atoms with E-state index in [1.54, 1.807) is 24.3 Å². The number of hydrogen-bond donors (Lipinski definition) is 2. The Bertz CT molecular complexity index is 1210. The highest BCUT2D eigenvalue weighted by Gasteiger charge is 2.13. The minimum absolute atomic E-state index is 0.0671. The molecule has 0 aliphatic rings. The Hall–Kier alpha value is -3.44. The highest BCUT2D eigenvalue weighted by Crippen LogP contribution is 2.26. The Balaban J connectivity index is 1.53. The summed E-state index contributed by atoms with van der Waals surface area (Å²) in [5.41, 5.74) is 1.65. The third-order valence-electron chi connectivity index (χ3n) is 4.60. The molecule has 0 saturated carbocycles. The van der Waals surface area contributed by atoms with Crippen molar-refractivity contribution in [3.63, 3.8) is 0 Å². The van der Waals surface area contributed by atoms with Gasteiger partial charge in [-0.05, 0) is 52.7 Å². The Kier molecular flexibility index (Phi) is 5.40. The molecule has 1 atom stereocenters. The van der Waals surface area contributed by atoms with Gasteiger partial charge < -0.3 is 10.4 Å². The fraction of sp³-hybridized carbons (Fsp3) is 0.0417. The molecule has 0 aliphatic heterocycles. The van der Waals surface area contributed by atoms with Gasteiger partial charge in [0.15, 0.2) is 0 Å². The van der Waals surface area contributed by atoms with Crippen molar-refractivity contribution in [3.05, 3.63) is 102 Å². The van der Waals surface area contributed by atoms with Crippen LogP contribution in [0.2, 0.25) is 0 Å². The van der Waals surface area contributed by atoms with Crippen molar-refractivity contribution >= 4 is 33.2 Å². The first-order chi connectivity index (χ1) is 14.1. The second-order valence-electron chi connectivity index (χ2n) is 6.67. The molecular weight excluding hydrogens is 382 g/mol. The van der Waals surface area contributed by atoms with Crippen LogP contribution in [-0.2, 0) is 16.6 Å². The first-order valence-electron chi connectivity index (χ1n) is 9.15. The maximum atomic E-state index is 12.7. The number of carbonyl (C=O) groups is 1. The lowest BCUT2D eigenvalue weighted by molar-refractivity contribution is 0.102. The molecule has 4 aromatic rings. The summed E-state index contributed by atoms with van der Waals surface area (Å²) in [4.78, 5) is 13.5. The fourth-order valence-corrected chi connectivity index (χ4v) is 4.26. The Labute approximate surface area is 171 Å². The Morgan fingerprint density at radius 1 is 0.828 bits per heavy atom. The Morgan fingerprint density at radius 3 is 2.28 bits per heavy atom. The van der Waals surface area contributed by atoms with Crippen LogP contribution in [0.3, 0.4) is 0 Å². The molecule has 0 saturated heterocycles. The zero-order valence-corrected chi connectivity index (χ0v) is 16.4. The van der Waals surface area contributed by atoms with Crippen molar-refractivity contribution in [3.8, 4) is 5.75 Å². The van der Waals surface area contributed by atoms with Crippen LogP contribution in [0.1, 0.15) is 15.9 Å². The second-order valence-corrected chi connectivity index (χ2v) is 8.13. The zero-order valence-electron chi connectivity index (χ0n) is 15.5. The minimum Gasteiger partial charge on any atom is -0.507 e. The van der Waals surface area contributed by atoms with E-state index in [1.807, 2.05) is 66.7 Å². The SMILES string of the molecule is O=C(Nc1cccc(CS(=O)c2ccccc2)c1)c1cc2ccccc2cc1O. The average molecular weight is 401 g/mol. The topological polar surface area (TPSA) is 66.4 Å². The largest absolute Gasteiger partial charge is 0.507 e. The lowest BCUT2D eigenvalue weighted by atomic mass is 10.1. The molecule has 4 aromatic carbocycles. The van der Waals surface area contributed by atoms with Gasteiger partial charge in [0.1, 0.15) is 5.75 Å². The lowest BCUT2D eigenvalue weighted by Crippen LogP contribution is -2.12. The summed E-state index contributed by atoms with van der Waals surface area (Å²) in [6, 6.07) is 27.4. The molecule has 0 spiro atoms. The highest BCUT2D eigenvalue weighted by atomic mass is 32.2. The van der Waals surface area contributed by atoms with Gasteiger partial charge in [0, 0.05) is 10.6 Å². The van der Waals surface area contributed by atoms with Crippen LogP contribution in [0.15, 0.2) is 95.9 Å². The van der Waals surface area contributed by atoms with E-state index in [2.05, 4.69) is 5.32 Å². The number of phenolic OH excluding ortho intramolecular Hbond substituents is 1. The monoisotopic (exact) mass is 401 g/mol. The van der Waals surface area contributed by atoms with Gasteiger partial charge in [0.2, 0.25) is 0 Å². The van der Waals surface area contributed by atoms with Crippen molar-refractivity contribution in [1.29, 1.82) is 0 Å². The smallest absolute Gasteiger partial charge is 0.259 e. The van der Waals surface area contributed by atoms with Crippen molar-refractivity contribution in [2.24, 2.45) is 0 Å². The van der Waals surface area contributed by atoms with Crippen LogP contribution in [-0.4, -0.2) is 15.2 Å². The molecule has 0 aliphatic carbocycles. The molecular formula is C24H19NO3S. The number of fused-ring (bicyclic) bond motifs is 1. The van der Waals surface area contributed by atoms with E-state index >= 15 is 0 Å². The number of benzene rings is 4. The van der Waals surface area contributed by atoms with Crippen LogP contribution in [0.5, 0.6) is 5.75 Å². The quantitative estimate of drug-likeness (QED) is 0.489. The first kappa shape index (κ1) is 18.9. The number of anilines is 1. The van der Waals surface area contributed by atoms with Gasteiger partial charge in [-0.3, -0.25) is 9.00 Å². The number of rotatable bonds is 5. The van der Waals surface area contributed by atoms with Crippen LogP contribution >= 0.6 is 0 Å². The molecule has 0 fully saturated rings. The summed E-state index contributed by atoms with van der Waals surface area (Å²) in [6.45, 7) is 0. The fourth-order valence-electron chi connectivity index (χ4n) is 3.15. The van der Waals surface area contributed by atoms with Crippen LogP contribution in [0.4, 0.5) is 5.69 Å². The van der Waals surface area contributed by atoms with Gasteiger partial charge in [-0.1, -0.05) is 54.6 Å². The number of amides is 1. The summed E-state index contributed by atoms with van der Waals surface area (Å²) in [5.74, 6) is -0.105. The van der Waals surface area contributed by atoms with E-state index in [1.165, 1.54) is 0 Å². The summed E-state index contributed by atoms with van der Waals surface area (Å²) < 4.78 is 12.5. The second kappa shape index (κ2) is 8.29. The molecule has 0 aromatic heterocycles. The predicted octanol–water partition coefficient (Wildman–Crippen LogP) is 5.11. The number of hydrogen-bond acceptors (Lipinski definition) is 3. The van der Waals surface area contributed by atoms with E-state index in [9.17, 15) is 14.1 Å². The molecule has 0 bridgehead atoms. The van der Waals surface area contributed by atoms with Crippen molar-refractivity contribution in [2.45, 2.75) is 10.6 Å². The summed E-state index contributed by atoms with van der Waals surface area (Å²) in [6.07, 6.45) is 0. The van der Waals surface area contributed by atoms with E-state index in [0.717, 1.165) is 21.2 Å². The maximum Gasteiger partial charge on any atom is 0.259 e. The predicted molar refractivity (Wildman–Crippen MR) is 117 cm³/mol. The van der Waals surface area contributed by atoms with Crippen LogP contribution in [0.25, 0.3) is 10.8 Å². The molecule has 29 heavy (non-hydrogen) atoms. The van der Waals surface area contributed by atoms with Crippen molar-refractivity contribution in [2.75, 3.05) is 5.32 Å². The van der Waals surface area contributed by atoms with Crippen LogP contribution in [0, 0.1) is 0 Å². The number of carbonyl (C=O) groups excluding carboxylic acids is 1. The van der Waals surface area contributed by atoms with Gasteiger partial charge in [0.25, 0.3) is 5.91 Å². The number of nitrogens with one attached hydrogen (secondary N) is 1. The van der Waals surface area contributed by atoms with Crippen LogP contribution < -0.4 is 5.32 Å². The molecule has 1 amide bonds. The molecule has 5 heteroatoms. The molecule has 4 nitrogen and oxygen atoms in total. The van der Waals surface area contributed by atoms with E-state index in [-0.39, 0.29) is 11.3 Å². The third-order valence-corrected chi connectivity index (χ3v) is 5.99. The van der Waals surface area contributed by atoms with Gasteiger partial charge in [-0.25, -0.2) is 0 Å². The van der Waals surface area contributed by atoms with Crippen molar-refractivity contribution in [1.82, 2.24) is 0 Å². The maximum absolute atomic E-state index is 12.7. The van der Waals surface area contributed by atoms with Gasteiger partial charge in [-0.15, -0.1) is 0 Å². The van der Waals surface area contributed by atoms with E-state index < -0.39 is 16.7 Å². The first-order valence-corrected chi connectivity index (χ1v) is 10.5. The van der Waals surface area contributed by atoms with Gasteiger partial charge in [0.05, 0.1) is 22.1 Å². The molecule has 2 N–H and O–H groups in total. The number of phenols is 1. The van der Waals surface area contributed by atoms with E-state index in [4.69, 9.17) is 0 Å². The zero-order chi connectivity index (χ0) is 20.2. The van der Waals surface area contributed by atoms with Gasteiger partial charge >= 0.3 is 0 Å². The molecule has 0 radical (unpaired) electrons. The standard InChI is InChI=1S/C24H19NO3S/c26-23-15-19-9-5-4-8-18(19)14-22(23)24(27)25-20-10-6-7-17(13-20)16-29(28)21-11-2-1-3-12-21/h1-15,26H,16H2,(H,25,27). The average Bonchev–Trinajstić information content (AvgIpc) is 2.74. The summed E-state index contributed by atoms with van der Waals surface area (Å²) in [5, 5.41) is 14.8. The Morgan fingerprint density at radius 2 is 1.52 bits per heavy atom. The number of aromatic hydroxyl groups is 1. The molecule has 1 unspecified atom stereocenters. The molecule has 0 heterocycles. The normalized spacial score (nSPS) is 11.9. The minimum atomic E-state index is -1.16. The summed E-state index contributed by atoms with van der Waals surface area (Å²) in [7, 11) is -1.16.